The van der Waals surface area contributed by atoms with Gasteiger partial charge in [-0.2, -0.15) is 5.26 Å². The predicted molar refractivity (Wildman–Crippen MR) is 96.9 cm³/mol. The lowest BCUT2D eigenvalue weighted by molar-refractivity contribution is -0.130. The van der Waals surface area contributed by atoms with E-state index in [0.717, 1.165) is 0 Å². The van der Waals surface area contributed by atoms with Crippen LogP contribution in [0, 0.1) is 11.3 Å². The van der Waals surface area contributed by atoms with Crippen LogP contribution in [-0.2, 0) is 14.4 Å². The molecule has 1 aromatic rings. The zero-order valence-electron chi connectivity index (χ0n) is 14.8. The molecule has 0 unspecified atom stereocenters. The average Bonchev–Trinajstić information content (AvgIpc) is 2.61. The molecule has 0 atom stereocenters. The first-order valence-electron chi connectivity index (χ1n) is 8.19. The number of piperazine rings is 1. The van der Waals surface area contributed by atoms with Crippen LogP contribution >= 0.6 is 0 Å². The normalized spacial score (nSPS) is 14.4. The second-order valence-corrected chi connectivity index (χ2v) is 5.91. The van der Waals surface area contributed by atoms with E-state index in [9.17, 15) is 19.6 Å². The Morgan fingerprint density at radius 3 is 2.00 bits per heavy atom. The van der Waals surface area contributed by atoms with Gasteiger partial charge in [0, 0.05) is 57.6 Å². The third-order valence-corrected chi connectivity index (χ3v) is 3.90. The van der Waals surface area contributed by atoms with Crippen LogP contribution in [0.4, 0.5) is 11.4 Å². The Morgan fingerprint density at radius 2 is 1.54 bits per heavy atom. The number of nitriles is 1. The minimum Gasteiger partial charge on any atom is -0.373 e. The van der Waals surface area contributed by atoms with E-state index < -0.39 is 5.91 Å². The molecule has 8 nitrogen and oxygen atoms in total. The molecule has 1 aliphatic rings. The highest BCUT2D eigenvalue weighted by atomic mass is 16.2. The van der Waals surface area contributed by atoms with E-state index in [4.69, 9.17) is 0 Å². The summed E-state index contributed by atoms with van der Waals surface area (Å²) in [6.07, 6.45) is 1.53. The smallest absolute Gasteiger partial charge is 0.267 e. The van der Waals surface area contributed by atoms with Crippen molar-refractivity contribution < 1.29 is 14.4 Å². The Bertz CT molecular complexity index is 756. The molecule has 3 amide bonds. The molecule has 1 fully saturated rings. The van der Waals surface area contributed by atoms with Crippen molar-refractivity contribution in [1.82, 2.24) is 9.80 Å². The number of benzene rings is 1. The van der Waals surface area contributed by atoms with Gasteiger partial charge in [0.25, 0.3) is 5.91 Å². The number of nitrogens with zero attached hydrogens (tertiary/aromatic N) is 3. The van der Waals surface area contributed by atoms with Crippen LogP contribution in [0.5, 0.6) is 0 Å². The Morgan fingerprint density at radius 1 is 1.00 bits per heavy atom. The van der Waals surface area contributed by atoms with E-state index >= 15 is 0 Å². The molecule has 0 aromatic heterocycles. The van der Waals surface area contributed by atoms with Crippen molar-refractivity contribution in [2.75, 3.05) is 36.8 Å². The second-order valence-electron chi connectivity index (χ2n) is 5.91. The van der Waals surface area contributed by atoms with Crippen LogP contribution < -0.4 is 10.6 Å². The van der Waals surface area contributed by atoms with Crippen LogP contribution in [-0.4, -0.2) is 53.7 Å². The number of anilines is 2. The molecule has 0 aliphatic carbocycles. The summed E-state index contributed by atoms with van der Waals surface area (Å²) >= 11 is 0. The lowest BCUT2D eigenvalue weighted by Crippen LogP contribution is -2.46. The van der Waals surface area contributed by atoms with Gasteiger partial charge in [0.05, 0.1) is 0 Å². The Hall–Kier alpha value is -3.34. The van der Waals surface area contributed by atoms with Gasteiger partial charge in [-0.05, 0) is 24.3 Å². The van der Waals surface area contributed by atoms with Crippen LogP contribution in [0.2, 0.25) is 0 Å². The minimum absolute atomic E-state index is 0.00721. The summed E-state index contributed by atoms with van der Waals surface area (Å²) in [5.41, 5.74) is 1.13. The van der Waals surface area contributed by atoms with Crippen LogP contribution in [0.25, 0.3) is 0 Å². The molecule has 1 aromatic carbocycles. The lowest BCUT2D eigenvalue weighted by Gasteiger charge is -2.33. The van der Waals surface area contributed by atoms with Crippen LogP contribution in [0.15, 0.2) is 36.0 Å². The standard InChI is InChI=1S/C18H21N5O3/c1-13(24)20-16-3-5-17(6-4-16)21-18(26)15(11-19)12-22-7-9-23(10-8-22)14(2)25/h3-6,12H,7-10H2,1-2H3,(H,20,24)(H,21,26)/b15-12-. The molecular formula is C18H21N5O3. The van der Waals surface area contributed by atoms with E-state index in [1.165, 1.54) is 20.0 Å². The number of hydrogen-bond acceptors (Lipinski definition) is 5. The molecule has 2 N–H and O–H groups in total. The maximum atomic E-state index is 12.3. The van der Waals surface area contributed by atoms with Gasteiger partial charge < -0.3 is 20.4 Å². The van der Waals surface area contributed by atoms with Gasteiger partial charge in [0.15, 0.2) is 0 Å². The first-order valence-corrected chi connectivity index (χ1v) is 8.19. The summed E-state index contributed by atoms with van der Waals surface area (Å²) in [6.45, 7) is 5.22. The van der Waals surface area contributed by atoms with Crippen molar-refractivity contribution in [1.29, 1.82) is 5.26 Å². The van der Waals surface area contributed by atoms with Crippen molar-refractivity contribution in [3.8, 4) is 6.07 Å². The van der Waals surface area contributed by atoms with Gasteiger partial charge in [-0.1, -0.05) is 0 Å². The summed E-state index contributed by atoms with van der Waals surface area (Å²) in [4.78, 5) is 38.2. The van der Waals surface area contributed by atoms with E-state index in [1.54, 1.807) is 29.2 Å². The zero-order chi connectivity index (χ0) is 19.1. The molecule has 1 aliphatic heterocycles. The number of hydrogen-bond donors (Lipinski definition) is 2. The van der Waals surface area contributed by atoms with Gasteiger partial charge in [0.2, 0.25) is 11.8 Å². The number of amides is 3. The molecule has 136 valence electrons. The SMILES string of the molecule is CC(=O)Nc1ccc(NC(=O)/C(C#N)=C\N2CCN(C(C)=O)CC2)cc1. The molecular weight excluding hydrogens is 334 g/mol. The minimum atomic E-state index is -0.506. The monoisotopic (exact) mass is 355 g/mol. The summed E-state index contributed by atoms with van der Waals surface area (Å²) in [5, 5.41) is 14.6. The predicted octanol–water partition coefficient (Wildman–Crippen LogP) is 1.16. The van der Waals surface area contributed by atoms with E-state index in [2.05, 4.69) is 10.6 Å². The summed E-state index contributed by atoms with van der Waals surface area (Å²) in [6, 6.07) is 8.52. The summed E-state index contributed by atoms with van der Waals surface area (Å²) < 4.78 is 0. The van der Waals surface area contributed by atoms with Gasteiger partial charge in [-0.25, -0.2) is 0 Å². The Balaban J connectivity index is 1.97. The Kier molecular flexibility index (Phi) is 6.33. The molecule has 26 heavy (non-hydrogen) atoms. The van der Waals surface area contributed by atoms with E-state index in [-0.39, 0.29) is 17.4 Å². The van der Waals surface area contributed by atoms with E-state index in [1.807, 2.05) is 11.0 Å². The summed E-state index contributed by atoms with van der Waals surface area (Å²) in [5.74, 6) is -0.662. The Labute approximate surface area is 152 Å². The van der Waals surface area contributed by atoms with Gasteiger partial charge in [-0.15, -0.1) is 0 Å². The molecule has 2 rings (SSSR count). The van der Waals surface area contributed by atoms with Crippen molar-refractivity contribution in [2.45, 2.75) is 13.8 Å². The first kappa shape index (κ1) is 19.0. The molecule has 1 saturated heterocycles. The number of rotatable bonds is 4. The molecule has 8 heteroatoms. The fraction of sp³-hybridized carbons (Fsp3) is 0.333. The molecule has 0 saturated carbocycles. The highest BCUT2D eigenvalue weighted by Crippen LogP contribution is 2.15. The topological polar surface area (TPSA) is 106 Å². The van der Waals surface area contributed by atoms with Gasteiger partial charge in [0.1, 0.15) is 11.6 Å². The largest absolute Gasteiger partial charge is 0.373 e. The fourth-order valence-electron chi connectivity index (χ4n) is 2.53. The molecule has 0 bridgehead atoms. The van der Waals surface area contributed by atoms with Crippen molar-refractivity contribution in [2.24, 2.45) is 0 Å². The van der Waals surface area contributed by atoms with Crippen LogP contribution in [0.3, 0.4) is 0 Å². The van der Waals surface area contributed by atoms with Crippen molar-refractivity contribution >= 4 is 29.1 Å². The highest BCUT2D eigenvalue weighted by Gasteiger charge is 2.18. The number of carbonyl (C=O) groups is 3. The second kappa shape index (κ2) is 8.67. The molecule has 1 heterocycles. The van der Waals surface area contributed by atoms with Crippen molar-refractivity contribution in [3.05, 3.63) is 36.0 Å². The van der Waals surface area contributed by atoms with Crippen molar-refractivity contribution in [3.63, 3.8) is 0 Å². The third-order valence-electron chi connectivity index (χ3n) is 3.90. The van der Waals surface area contributed by atoms with Crippen LogP contribution in [0.1, 0.15) is 13.8 Å². The molecule has 0 radical (unpaired) electrons. The molecule has 0 spiro atoms. The highest BCUT2D eigenvalue weighted by molar-refractivity contribution is 6.06. The maximum Gasteiger partial charge on any atom is 0.267 e. The number of nitrogens with one attached hydrogen (secondary N) is 2. The average molecular weight is 355 g/mol. The van der Waals surface area contributed by atoms with E-state index in [0.29, 0.717) is 37.6 Å². The zero-order valence-corrected chi connectivity index (χ0v) is 14.8. The number of carbonyl (C=O) groups excluding carboxylic acids is 3. The quantitative estimate of drug-likeness (QED) is 0.623. The summed E-state index contributed by atoms with van der Waals surface area (Å²) in [7, 11) is 0. The first-order chi connectivity index (χ1) is 12.4. The third kappa shape index (κ3) is 5.34. The van der Waals surface area contributed by atoms with Gasteiger partial charge >= 0.3 is 0 Å². The fourth-order valence-corrected chi connectivity index (χ4v) is 2.53. The maximum absolute atomic E-state index is 12.3. The lowest BCUT2D eigenvalue weighted by atomic mass is 10.2. The van der Waals surface area contributed by atoms with Gasteiger partial charge in [-0.3, -0.25) is 14.4 Å².